The number of hydrogen-bond donors (Lipinski definition) is 6. The van der Waals surface area contributed by atoms with E-state index in [4.69, 9.17) is 34.4 Å². The first-order valence-electron chi connectivity index (χ1n) is 10.3. The molecule has 0 aromatic rings. The van der Waals surface area contributed by atoms with E-state index in [2.05, 4.69) is 0 Å². The van der Waals surface area contributed by atoms with Crippen molar-refractivity contribution < 1.29 is 28.8 Å². The molecular weight excluding hydrogens is 420 g/mol. The minimum Gasteiger partial charge on any atom is -0.327 e. The van der Waals surface area contributed by atoms with Gasteiger partial charge in [0, 0.05) is 37.4 Å². The van der Waals surface area contributed by atoms with Crippen LogP contribution in [0.15, 0.2) is 0 Å². The van der Waals surface area contributed by atoms with E-state index in [1.54, 1.807) is 0 Å². The smallest absolute Gasteiger partial charge is 0.136 e. The molecule has 0 heterocycles. The van der Waals surface area contributed by atoms with Crippen LogP contribution in [-0.2, 0) is 28.8 Å². The van der Waals surface area contributed by atoms with Crippen LogP contribution in [0.5, 0.6) is 0 Å². The standard InChI is InChI=1S/2C7H14N2O2.C6H12N2O2/c8-6(1-3-10)5-7(9)2-4-11;8-6(3-4-10)1-2-7(9)5-11;7-5(3-9)1-2-6(8)4-10/h3-4,6-7H,1-2,5,8-9H2;4-7H,1-3,8-9H2;3-6H,1-2,7-8H2. The molecule has 6 atom stereocenters. The molecule has 0 amide bonds. The molecule has 0 aliphatic rings. The van der Waals surface area contributed by atoms with Crippen LogP contribution in [0.25, 0.3) is 0 Å². The summed E-state index contributed by atoms with van der Waals surface area (Å²) in [5.74, 6) is 0. The zero-order chi connectivity index (χ0) is 25.4. The Kier molecular flexibility index (Phi) is 26.9. The molecule has 6 unspecified atom stereocenters. The average Bonchev–Trinajstić information content (AvgIpc) is 2.76. The van der Waals surface area contributed by atoms with Gasteiger partial charge in [-0.15, -0.1) is 0 Å². The molecule has 0 aliphatic heterocycles. The zero-order valence-electron chi connectivity index (χ0n) is 18.5. The van der Waals surface area contributed by atoms with Crippen LogP contribution in [-0.4, -0.2) is 74.0 Å². The fraction of sp³-hybridized carbons (Fsp3) is 0.700. The van der Waals surface area contributed by atoms with Gasteiger partial charge in [-0.25, -0.2) is 0 Å². The van der Waals surface area contributed by atoms with E-state index in [-0.39, 0.29) is 18.1 Å². The van der Waals surface area contributed by atoms with Crippen molar-refractivity contribution in [2.45, 2.75) is 87.6 Å². The maximum atomic E-state index is 10.0. The molecule has 0 rings (SSSR count). The lowest BCUT2D eigenvalue weighted by atomic mass is 10.0. The number of rotatable bonds is 17. The lowest BCUT2D eigenvalue weighted by Gasteiger charge is -2.12. The number of carbonyl (C=O) groups excluding carboxylic acids is 6. The largest absolute Gasteiger partial charge is 0.327 e. The molecule has 0 bridgehead atoms. The fourth-order valence-electron chi connectivity index (χ4n) is 2.07. The van der Waals surface area contributed by atoms with Gasteiger partial charge in [-0.3, -0.25) is 0 Å². The van der Waals surface area contributed by atoms with Crippen molar-refractivity contribution >= 4 is 37.7 Å². The highest BCUT2D eigenvalue weighted by molar-refractivity contribution is 5.59. The molecule has 12 heteroatoms. The van der Waals surface area contributed by atoms with Crippen LogP contribution in [0, 0.1) is 0 Å². The quantitative estimate of drug-likeness (QED) is 0.121. The lowest BCUT2D eigenvalue weighted by Crippen LogP contribution is -2.31. The maximum Gasteiger partial charge on any atom is 0.136 e. The molecule has 12 N–H and O–H groups in total. The van der Waals surface area contributed by atoms with E-state index in [1.807, 2.05) is 0 Å². The van der Waals surface area contributed by atoms with Gasteiger partial charge < -0.3 is 63.2 Å². The second kappa shape index (κ2) is 25.0. The molecule has 0 saturated carbocycles. The van der Waals surface area contributed by atoms with Crippen molar-refractivity contribution in [3.63, 3.8) is 0 Å². The highest BCUT2D eigenvalue weighted by atomic mass is 16.1. The van der Waals surface area contributed by atoms with E-state index < -0.39 is 18.1 Å². The van der Waals surface area contributed by atoms with Crippen molar-refractivity contribution in [3.05, 3.63) is 0 Å². The maximum absolute atomic E-state index is 10.0. The number of aldehydes is 6. The molecular formula is C20H40N6O6. The van der Waals surface area contributed by atoms with Crippen LogP contribution < -0.4 is 34.4 Å². The van der Waals surface area contributed by atoms with E-state index in [0.717, 1.165) is 18.9 Å². The first kappa shape index (κ1) is 34.4. The number of nitrogens with two attached hydrogens (primary N) is 6. The van der Waals surface area contributed by atoms with Crippen molar-refractivity contribution in [2.75, 3.05) is 0 Å². The summed E-state index contributed by atoms with van der Waals surface area (Å²) in [6, 6.07) is -1.96. The number of hydrogen-bond acceptors (Lipinski definition) is 12. The van der Waals surface area contributed by atoms with Crippen LogP contribution in [0.2, 0.25) is 0 Å². The summed E-state index contributed by atoms with van der Waals surface area (Å²) < 4.78 is 0. The van der Waals surface area contributed by atoms with Crippen LogP contribution in [0.1, 0.15) is 51.4 Å². The predicted molar refractivity (Wildman–Crippen MR) is 121 cm³/mol. The van der Waals surface area contributed by atoms with E-state index >= 15 is 0 Å². The summed E-state index contributed by atoms with van der Waals surface area (Å²) >= 11 is 0. The first-order chi connectivity index (χ1) is 15.1. The van der Waals surface area contributed by atoms with Crippen LogP contribution >= 0.6 is 0 Å². The summed E-state index contributed by atoms with van der Waals surface area (Å²) in [5.41, 5.74) is 32.2. The Morgan fingerprint density at radius 2 is 0.719 bits per heavy atom. The summed E-state index contributed by atoms with van der Waals surface area (Å²) in [6.45, 7) is 0. The fourth-order valence-corrected chi connectivity index (χ4v) is 2.07. The Balaban J connectivity index is -0.000000395. The Labute approximate surface area is 189 Å². The molecule has 0 spiro atoms. The molecule has 32 heavy (non-hydrogen) atoms. The highest BCUT2D eigenvalue weighted by Gasteiger charge is 2.08. The second-order valence-electron chi connectivity index (χ2n) is 7.28. The molecule has 0 radical (unpaired) electrons. The Morgan fingerprint density at radius 1 is 0.438 bits per heavy atom. The number of carbonyl (C=O) groups is 6. The Bertz CT molecular complexity index is 483. The minimum atomic E-state index is -0.481. The monoisotopic (exact) mass is 460 g/mol. The Morgan fingerprint density at radius 3 is 1.00 bits per heavy atom. The van der Waals surface area contributed by atoms with E-state index in [9.17, 15) is 28.8 Å². The third-order valence-electron chi connectivity index (χ3n) is 4.03. The second-order valence-corrected chi connectivity index (χ2v) is 7.28. The van der Waals surface area contributed by atoms with Gasteiger partial charge in [0.15, 0.2) is 0 Å². The van der Waals surface area contributed by atoms with E-state index in [1.165, 1.54) is 0 Å². The lowest BCUT2D eigenvalue weighted by molar-refractivity contribution is -0.110. The predicted octanol–water partition coefficient (Wildman–Crippen LogP) is -2.76. The molecule has 0 aromatic heterocycles. The molecule has 12 nitrogen and oxygen atoms in total. The third kappa shape index (κ3) is 27.8. The first-order valence-corrected chi connectivity index (χ1v) is 10.3. The van der Waals surface area contributed by atoms with Gasteiger partial charge in [-0.2, -0.15) is 0 Å². The summed E-state index contributed by atoms with van der Waals surface area (Å²) in [6.07, 6.45) is 7.91. The van der Waals surface area contributed by atoms with Crippen molar-refractivity contribution in [2.24, 2.45) is 34.4 Å². The molecule has 186 valence electrons. The Hall–Kier alpha value is -2.22. The van der Waals surface area contributed by atoms with Crippen molar-refractivity contribution in [1.29, 1.82) is 0 Å². The van der Waals surface area contributed by atoms with Gasteiger partial charge in [-0.1, -0.05) is 0 Å². The van der Waals surface area contributed by atoms with E-state index in [0.29, 0.717) is 70.2 Å². The molecule has 0 aliphatic carbocycles. The van der Waals surface area contributed by atoms with Gasteiger partial charge >= 0.3 is 0 Å². The summed E-state index contributed by atoms with van der Waals surface area (Å²) in [4.78, 5) is 59.8. The molecule has 0 aromatic carbocycles. The third-order valence-corrected chi connectivity index (χ3v) is 4.03. The van der Waals surface area contributed by atoms with Crippen LogP contribution in [0.4, 0.5) is 0 Å². The van der Waals surface area contributed by atoms with Crippen molar-refractivity contribution in [3.8, 4) is 0 Å². The average molecular weight is 461 g/mol. The van der Waals surface area contributed by atoms with Gasteiger partial charge in [0.05, 0.1) is 18.1 Å². The van der Waals surface area contributed by atoms with Gasteiger partial charge in [0.25, 0.3) is 0 Å². The van der Waals surface area contributed by atoms with Crippen molar-refractivity contribution in [1.82, 2.24) is 0 Å². The SMILES string of the molecule is NC(C=O)CCC(N)C=O.NC(C=O)CCC(N)CC=O.NC(CC=O)CC(N)CC=O. The van der Waals surface area contributed by atoms with Gasteiger partial charge in [0.2, 0.25) is 0 Å². The minimum absolute atomic E-state index is 0.154. The molecule has 0 saturated heterocycles. The topological polar surface area (TPSA) is 259 Å². The van der Waals surface area contributed by atoms with Gasteiger partial charge in [-0.05, 0) is 32.1 Å². The summed E-state index contributed by atoms with van der Waals surface area (Å²) in [5, 5.41) is 0. The zero-order valence-corrected chi connectivity index (χ0v) is 18.5. The van der Waals surface area contributed by atoms with Gasteiger partial charge in [0.1, 0.15) is 37.7 Å². The normalized spacial score (nSPS) is 15.6. The summed E-state index contributed by atoms with van der Waals surface area (Å²) in [7, 11) is 0. The molecule has 0 fully saturated rings. The highest BCUT2D eigenvalue weighted by Crippen LogP contribution is 1.99. The van der Waals surface area contributed by atoms with Crippen LogP contribution in [0.3, 0.4) is 0 Å².